The molecule has 0 saturated carbocycles. The Morgan fingerprint density at radius 2 is 1.80 bits per heavy atom. The lowest BCUT2D eigenvalue weighted by Gasteiger charge is -2.50. The van der Waals surface area contributed by atoms with E-state index in [1.54, 1.807) is 0 Å². The van der Waals surface area contributed by atoms with E-state index < -0.39 is 5.60 Å². The van der Waals surface area contributed by atoms with Gasteiger partial charge in [0.15, 0.2) is 0 Å². The van der Waals surface area contributed by atoms with Crippen LogP contribution in [0.15, 0.2) is 54.6 Å². The quantitative estimate of drug-likeness (QED) is 0.930. The molecule has 1 N–H and O–H groups in total. The molecule has 2 bridgehead atoms. The molecule has 2 aliphatic rings. The van der Waals surface area contributed by atoms with Gasteiger partial charge in [-0.05, 0) is 43.1 Å². The molecular formula is C21H25NO3. The SMILES string of the molecule is CN1C2COCC1CC(O)(c1cccc(OCc3ccccc3)c1)C2. The van der Waals surface area contributed by atoms with E-state index in [2.05, 4.69) is 24.1 Å². The van der Waals surface area contributed by atoms with Crippen LogP contribution >= 0.6 is 0 Å². The maximum atomic E-state index is 11.3. The molecule has 2 unspecified atom stereocenters. The molecule has 2 heterocycles. The Bertz CT molecular complexity index is 704. The van der Waals surface area contributed by atoms with E-state index in [0.29, 0.717) is 32.7 Å². The highest BCUT2D eigenvalue weighted by molar-refractivity contribution is 5.33. The Hall–Kier alpha value is -1.88. The second-order valence-corrected chi connectivity index (χ2v) is 7.25. The van der Waals surface area contributed by atoms with Crippen molar-refractivity contribution in [3.05, 3.63) is 65.7 Å². The maximum absolute atomic E-state index is 11.3. The normalized spacial score (nSPS) is 29.4. The summed E-state index contributed by atoms with van der Waals surface area (Å²) in [5.74, 6) is 0.801. The second kappa shape index (κ2) is 6.79. The average Bonchev–Trinajstić information content (AvgIpc) is 2.63. The first-order valence-electron chi connectivity index (χ1n) is 8.93. The molecule has 2 aromatic carbocycles. The van der Waals surface area contributed by atoms with Gasteiger partial charge in [-0.1, -0.05) is 42.5 Å². The van der Waals surface area contributed by atoms with Crippen LogP contribution in [0.1, 0.15) is 24.0 Å². The molecule has 0 radical (unpaired) electrons. The van der Waals surface area contributed by atoms with Crippen LogP contribution in [0.25, 0.3) is 0 Å². The molecule has 2 aliphatic heterocycles. The molecule has 132 valence electrons. The van der Waals surface area contributed by atoms with Gasteiger partial charge in [0.2, 0.25) is 0 Å². The number of aliphatic hydroxyl groups is 1. The first-order valence-corrected chi connectivity index (χ1v) is 8.93. The number of ether oxygens (including phenoxy) is 2. The number of fused-ring (bicyclic) bond motifs is 2. The summed E-state index contributed by atoms with van der Waals surface area (Å²) in [6.45, 7) is 1.92. The van der Waals surface area contributed by atoms with Gasteiger partial charge < -0.3 is 14.6 Å². The minimum absolute atomic E-state index is 0.270. The van der Waals surface area contributed by atoms with Crippen LogP contribution in [0.3, 0.4) is 0 Å². The lowest BCUT2D eigenvalue weighted by Crippen LogP contribution is -2.59. The molecular weight excluding hydrogens is 314 g/mol. The molecule has 4 heteroatoms. The van der Waals surface area contributed by atoms with Gasteiger partial charge in [-0.2, -0.15) is 0 Å². The third-order valence-electron chi connectivity index (χ3n) is 5.54. The van der Waals surface area contributed by atoms with Gasteiger partial charge in [0.25, 0.3) is 0 Å². The molecule has 0 spiro atoms. The van der Waals surface area contributed by atoms with Crippen LogP contribution in [-0.4, -0.2) is 42.4 Å². The third-order valence-corrected chi connectivity index (χ3v) is 5.54. The summed E-state index contributed by atoms with van der Waals surface area (Å²) in [4.78, 5) is 2.35. The van der Waals surface area contributed by atoms with Crippen LogP contribution in [0.4, 0.5) is 0 Å². The molecule has 0 amide bonds. The number of hydrogen-bond donors (Lipinski definition) is 1. The summed E-state index contributed by atoms with van der Waals surface area (Å²) in [7, 11) is 2.14. The Morgan fingerprint density at radius 1 is 1.08 bits per heavy atom. The van der Waals surface area contributed by atoms with Crippen molar-refractivity contribution in [2.45, 2.75) is 37.1 Å². The summed E-state index contributed by atoms with van der Waals surface area (Å²) >= 11 is 0. The number of likely N-dealkylation sites (N-methyl/N-ethyl adjacent to an activating group) is 1. The van der Waals surface area contributed by atoms with Gasteiger partial charge in [0.1, 0.15) is 12.4 Å². The van der Waals surface area contributed by atoms with E-state index in [-0.39, 0.29) is 12.1 Å². The van der Waals surface area contributed by atoms with E-state index in [9.17, 15) is 5.11 Å². The Labute approximate surface area is 149 Å². The van der Waals surface area contributed by atoms with Crippen molar-refractivity contribution in [3.8, 4) is 5.75 Å². The van der Waals surface area contributed by atoms with Crippen molar-refractivity contribution in [3.63, 3.8) is 0 Å². The number of rotatable bonds is 4. The lowest BCUT2D eigenvalue weighted by molar-refractivity contribution is -0.137. The Morgan fingerprint density at radius 3 is 2.52 bits per heavy atom. The fourth-order valence-corrected chi connectivity index (χ4v) is 3.99. The van der Waals surface area contributed by atoms with Crippen molar-refractivity contribution >= 4 is 0 Å². The highest BCUT2D eigenvalue weighted by Gasteiger charge is 2.45. The molecule has 0 aromatic heterocycles. The lowest BCUT2D eigenvalue weighted by atomic mass is 9.77. The molecule has 2 saturated heterocycles. The van der Waals surface area contributed by atoms with Gasteiger partial charge in [0, 0.05) is 12.1 Å². The van der Waals surface area contributed by atoms with Crippen molar-refractivity contribution in [2.75, 3.05) is 20.3 Å². The van der Waals surface area contributed by atoms with E-state index >= 15 is 0 Å². The number of piperidine rings is 1. The largest absolute Gasteiger partial charge is 0.489 e. The highest BCUT2D eigenvalue weighted by Crippen LogP contribution is 2.41. The van der Waals surface area contributed by atoms with E-state index in [4.69, 9.17) is 9.47 Å². The van der Waals surface area contributed by atoms with Gasteiger partial charge in [-0.3, -0.25) is 4.90 Å². The molecule has 4 nitrogen and oxygen atoms in total. The van der Waals surface area contributed by atoms with E-state index in [1.807, 2.05) is 42.5 Å². The van der Waals surface area contributed by atoms with Crippen LogP contribution in [0.5, 0.6) is 5.75 Å². The Kier molecular flexibility index (Phi) is 4.50. The summed E-state index contributed by atoms with van der Waals surface area (Å²) in [5, 5.41) is 11.3. The zero-order chi connectivity index (χ0) is 17.3. The van der Waals surface area contributed by atoms with E-state index in [1.165, 1.54) is 0 Å². The van der Waals surface area contributed by atoms with E-state index in [0.717, 1.165) is 16.9 Å². The first-order chi connectivity index (χ1) is 12.1. The van der Waals surface area contributed by atoms with Crippen LogP contribution in [0, 0.1) is 0 Å². The standard InChI is InChI=1S/C21H25NO3/c1-22-18-11-21(23,12-19(22)15-24-14-18)17-8-5-9-20(10-17)25-13-16-6-3-2-4-7-16/h2-10,18-19,23H,11-15H2,1H3. The predicted octanol–water partition coefficient (Wildman–Crippen LogP) is 2.95. The highest BCUT2D eigenvalue weighted by atomic mass is 16.5. The minimum Gasteiger partial charge on any atom is -0.489 e. The van der Waals surface area contributed by atoms with Crippen molar-refractivity contribution in [2.24, 2.45) is 0 Å². The fourth-order valence-electron chi connectivity index (χ4n) is 3.99. The minimum atomic E-state index is -0.808. The number of nitrogens with zero attached hydrogens (tertiary/aromatic N) is 1. The van der Waals surface area contributed by atoms with Crippen LogP contribution in [-0.2, 0) is 16.9 Å². The predicted molar refractivity (Wildman–Crippen MR) is 96.5 cm³/mol. The summed E-state index contributed by atoms with van der Waals surface area (Å²) in [6.07, 6.45) is 1.39. The molecule has 2 atom stereocenters. The van der Waals surface area contributed by atoms with Gasteiger partial charge >= 0.3 is 0 Å². The topological polar surface area (TPSA) is 41.9 Å². The molecule has 25 heavy (non-hydrogen) atoms. The third kappa shape index (κ3) is 3.43. The van der Waals surface area contributed by atoms with Gasteiger partial charge in [0.05, 0.1) is 18.8 Å². The summed E-state index contributed by atoms with van der Waals surface area (Å²) < 4.78 is 11.6. The smallest absolute Gasteiger partial charge is 0.120 e. The number of benzene rings is 2. The molecule has 2 fully saturated rings. The van der Waals surface area contributed by atoms with Crippen LogP contribution in [0.2, 0.25) is 0 Å². The van der Waals surface area contributed by atoms with Crippen LogP contribution < -0.4 is 4.74 Å². The number of morpholine rings is 1. The zero-order valence-electron chi connectivity index (χ0n) is 14.6. The maximum Gasteiger partial charge on any atom is 0.120 e. The number of hydrogen-bond acceptors (Lipinski definition) is 4. The van der Waals surface area contributed by atoms with Crippen molar-refractivity contribution in [1.29, 1.82) is 0 Å². The second-order valence-electron chi connectivity index (χ2n) is 7.25. The van der Waals surface area contributed by atoms with Gasteiger partial charge in [-0.15, -0.1) is 0 Å². The van der Waals surface area contributed by atoms with Gasteiger partial charge in [-0.25, -0.2) is 0 Å². The summed E-state index contributed by atoms with van der Waals surface area (Å²) in [6, 6.07) is 18.6. The average molecular weight is 339 g/mol. The molecule has 0 aliphatic carbocycles. The molecule has 4 rings (SSSR count). The fraction of sp³-hybridized carbons (Fsp3) is 0.429. The van der Waals surface area contributed by atoms with Crippen molar-refractivity contribution in [1.82, 2.24) is 4.90 Å². The zero-order valence-corrected chi connectivity index (χ0v) is 14.6. The monoisotopic (exact) mass is 339 g/mol. The molecule has 2 aromatic rings. The van der Waals surface area contributed by atoms with Crippen molar-refractivity contribution < 1.29 is 14.6 Å². The summed E-state index contributed by atoms with van der Waals surface area (Å²) in [5.41, 5.74) is 1.28. The Balaban J connectivity index is 1.51. The first kappa shape index (κ1) is 16.6.